The summed E-state index contributed by atoms with van der Waals surface area (Å²) in [7, 11) is 0. The first-order chi connectivity index (χ1) is 29.5. The van der Waals surface area contributed by atoms with Gasteiger partial charge in [-0.2, -0.15) is 0 Å². The number of carbonyl (C=O) groups excluding carboxylic acids is 10. The zero-order chi connectivity index (χ0) is 47.6. The van der Waals surface area contributed by atoms with Crippen LogP contribution < -0.4 is 65.9 Å². The maximum Gasteiger partial charge on any atom is 0.312 e. The number of hydrogen-bond donors (Lipinski definition) is 15. The van der Waals surface area contributed by atoms with Crippen LogP contribution >= 0.6 is 0 Å². The molecule has 0 saturated carbocycles. The minimum Gasteiger partial charge on any atom is -0.394 e. The summed E-state index contributed by atoms with van der Waals surface area (Å²) in [5.41, 5.74) is 26.8. The van der Waals surface area contributed by atoms with Gasteiger partial charge in [0.15, 0.2) is 5.96 Å². The number of carbonyl (C=O) groups is 10. The number of aliphatic hydroxyl groups excluding tert-OH is 2. The van der Waals surface area contributed by atoms with Gasteiger partial charge >= 0.3 is 6.03 Å². The second kappa shape index (κ2) is 25.0. The Kier molecular flexibility index (Phi) is 20.6. The van der Waals surface area contributed by atoms with Crippen molar-refractivity contribution in [2.75, 3.05) is 19.7 Å². The third-order valence-electron chi connectivity index (χ3n) is 9.46. The van der Waals surface area contributed by atoms with Crippen molar-refractivity contribution in [2.24, 2.45) is 33.7 Å². The fourth-order valence-electron chi connectivity index (χ4n) is 6.16. The van der Waals surface area contributed by atoms with Gasteiger partial charge in [-0.25, -0.2) is 9.78 Å². The van der Waals surface area contributed by atoms with Crippen molar-refractivity contribution in [3.63, 3.8) is 0 Å². The number of hydrogen-bond acceptors (Lipinski definition) is 14. The van der Waals surface area contributed by atoms with Crippen molar-refractivity contribution in [1.29, 1.82) is 0 Å². The number of primary amides is 3. The second-order valence-corrected chi connectivity index (χ2v) is 14.6. The highest BCUT2D eigenvalue weighted by atomic mass is 16.3. The van der Waals surface area contributed by atoms with E-state index in [1.165, 1.54) is 31.3 Å². The summed E-state index contributed by atoms with van der Waals surface area (Å²) in [5.74, 6) is -8.67. The summed E-state index contributed by atoms with van der Waals surface area (Å²) in [5, 5.41) is 36.0. The predicted molar refractivity (Wildman–Crippen MR) is 218 cm³/mol. The lowest BCUT2D eigenvalue weighted by Crippen LogP contribution is -2.61. The Morgan fingerprint density at radius 2 is 1.33 bits per heavy atom. The molecule has 0 radical (unpaired) electrons. The average Bonchev–Trinajstić information content (AvgIpc) is 3.91. The molecule has 0 bridgehead atoms. The van der Waals surface area contributed by atoms with Crippen LogP contribution in [0.1, 0.15) is 58.6 Å². The van der Waals surface area contributed by atoms with Crippen LogP contribution in [0.5, 0.6) is 0 Å². The fourth-order valence-corrected chi connectivity index (χ4v) is 6.16. The smallest absolute Gasteiger partial charge is 0.312 e. The molecule has 0 aliphatic carbocycles. The van der Waals surface area contributed by atoms with Crippen molar-refractivity contribution in [3.05, 3.63) is 18.2 Å². The van der Waals surface area contributed by atoms with Crippen LogP contribution in [0.3, 0.4) is 0 Å². The number of aliphatic imine (C=N–C) groups is 1. The van der Waals surface area contributed by atoms with Gasteiger partial charge in [-0.3, -0.25) is 48.1 Å². The van der Waals surface area contributed by atoms with Crippen molar-refractivity contribution < 1.29 is 58.2 Å². The van der Waals surface area contributed by atoms with E-state index in [-0.39, 0.29) is 38.3 Å². The Balaban J connectivity index is 2.18. The van der Waals surface area contributed by atoms with Crippen LogP contribution in [0.2, 0.25) is 0 Å². The largest absolute Gasteiger partial charge is 0.394 e. The molecule has 28 nitrogen and oxygen atoms in total. The van der Waals surface area contributed by atoms with Gasteiger partial charge in [0.1, 0.15) is 48.3 Å². The molecule has 1 fully saturated rings. The molecule has 2 rings (SSSR count). The summed E-state index contributed by atoms with van der Waals surface area (Å²) in [6.45, 7) is 2.94. The lowest BCUT2D eigenvalue weighted by atomic mass is 10.1. The zero-order valence-electron chi connectivity index (χ0n) is 34.9. The Labute approximate surface area is 360 Å². The standard InChI is InChI=1S/C35H58N16O12/c1-15(27(56)46-19(6-4-8-42-34(38)39)33(62)51-9-5-7-23(51)26(37)55)45-31(60)22(13-52)49-30(59)20(10-18-12-41-14-43-18)47-28(57)16(2)44-29(58)21(11-24(36)54)48-32(61)25(17(3)53)50-35(40)63/h12,14-17,19-23,25,52-53H,4-11,13H2,1-3H3,(H2,36,54)(H2,37,55)(H,41,43)(H,44,58)(H,45,60)(H,46,56)(H,47,57)(H,48,61)(H,49,59)(H4,38,39,42)(H3,40,50,63)/t15-,16-,17+,19-,20-,21-,22-,23-,25-/m0/s1. The highest BCUT2D eigenvalue weighted by molar-refractivity contribution is 5.99. The van der Waals surface area contributed by atoms with E-state index >= 15 is 0 Å². The van der Waals surface area contributed by atoms with Crippen LogP contribution in [0, 0.1) is 0 Å². The van der Waals surface area contributed by atoms with Crippen LogP contribution in [-0.4, -0.2) is 164 Å². The topological polar surface area (TPSA) is 470 Å². The molecule has 1 aromatic rings. The van der Waals surface area contributed by atoms with E-state index in [0.29, 0.717) is 18.5 Å². The monoisotopic (exact) mass is 894 g/mol. The lowest BCUT2D eigenvalue weighted by Gasteiger charge is -2.29. The molecule has 2 heterocycles. The van der Waals surface area contributed by atoms with Crippen LogP contribution in [0.15, 0.2) is 17.5 Å². The molecule has 1 aliphatic heterocycles. The number of nitrogens with two attached hydrogens (primary N) is 5. The molecular formula is C35H58N16O12. The zero-order valence-corrected chi connectivity index (χ0v) is 34.9. The van der Waals surface area contributed by atoms with Gasteiger partial charge in [0.25, 0.3) is 0 Å². The highest BCUT2D eigenvalue weighted by Crippen LogP contribution is 2.19. The number of H-pyrrole nitrogens is 1. The van der Waals surface area contributed by atoms with E-state index in [1.54, 1.807) is 0 Å². The SMILES string of the molecule is C[C@H](NC(=O)[C@H](CO)NC(=O)[C@H](Cc1cnc[nH]1)NC(=O)[C@H](C)NC(=O)[C@H](CC(N)=O)NC(=O)[C@@H](NC(N)=O)[C@@H](C)O)C(=O)N[C@@H](CCCN=C(N)N)C(=O)N1CCC[C@H]1C(N)=O. The van der Waals surface area contributed by atoms with Gasteiger partial charge in [-0.1, -0.05) is 0 Å². The summed E-state index contributed by atoms with van der Waals surface area (Å²) in [4.78, 5) is 140. The van der Waals surface area contributed by atoms with Crippen LogP contribution in [0.4, 0.5) is 4.79 Å². The summed E-state index contributed by atoms with van der Waals surface area (Å²) >= 11 is 0. The van der Waals surface area contributed by atoms with Crippen LogP contribution in [-0.2, 0) is 49.6 Å². The summed E-state index contributed by atoms with van der Waals surface area (Å²) < 4.78 is 0. The van der Waals surface area contributed by atoms with E-state index < -0.39 is 127 Å². The molecule has 11 amide bonds. The third-order valence-corrected chi connectivity index (χ3v) is 9.46. The van der Waals surface area contributed by atoms with Gasteiger partial charge < -0.3 is 86.0 Å². The second-order valence-electron chi connectivity index (χ2n) is 14.6. The van der Waals surface area contributed by atoms with E-state index in [2.05, 4.69) is 46.9 Å². The minimum atomic E-state index is -1.71. The van der Waals surface area contributed by atoms with Gasteiger partial charge in [-0.05, 0) is 46.5 Å². The van der Waals surface area contributed by atoms with Gasteiger partial charge in [0, 0.05) is 31.4 Å². The number of likely N-dealkylation sites (tertiary alicyclic amines) is 1. The maximum atomic E-state index is 13.6. The van der Waals surface area contributed by atoms with E-state index in [1.807, 2.05) is 5.32 Å². The lowest BCUT2D eigenvalue weighted by molar-refractivity contribution is -0.141. The Morgan fingerprint density at radius 1 is 0.778 bits per heavy atom. The minimum absolute atomic E-state index is 0.0378. The Morgan fingerprint density at radius 3 is 1.84 bits per heavy atom. The third kappa shape index (κ3) is 17.1. The quantitative estimate of drug-likeness (QED) is 0.0246. The normalized spacial score (nSPS) is 17.1. The molecule has 1 aromatic heterocycles. The molecule has 1 aliphatic rings. The Bertz CT molecular complexity index is 1840. The average molecular weight is 895 g/mol. The molecule has 0 spiro atoms. The van der Waals surface area contributed by atoms with Crippen molar-refractivity contribution in [2.45, 2.75) is 114 Å². The number of aromatic amines is 1. The Hall–Kier alpha value is -7.10. The number of urea groups is 1. The number of aromatic nitrogens is 2. The first-order valence-corrected chi connectivity index (χ1v) is 19.6. The number of imidazole rings is 1. The number of rotatable bonds is 25. The maximum absolute atomic E-state index is 13.6. The van der Waals surface area contributed by atoms with E-state index in [4.69, 9.17) is 28.7 Å². The molecule has 20 N–H and O–H groups in total. The van der Waals surface area contributed by atoms with Gasteiger partial charge in [0.05, 0.1) is 25.5 Å². The predicted octanol–water partition coefficient (Wildman–Crippen LogP) is -8.28. The van der Waals surface area contributed by atoms with E-state index in [9.17, 15) is 58.2 Å². The molecular weight excluding hydrogens is 836 g/mol. The number of guanidine groups is 1. The van der Waals surface area contributed by atoms with Crippen molar-refractivity contribution in [1.82, 2.24) is 52.1 Å². The first-order valence-electron chi connectivity index (χ1n) is 19.6. The number of aliphatic hydroxyl groups is 2. The first kappa shape index (κ1) is 52.0. The molecule has 0 aromatic carbocycles. The summed E-state index contributed by atoms with van der Waals surface area (Å²) in [6.07, 6.45) is 1.19. The molecule has 1 saturated heterocycles. The summed E-state index contributed by atoms with van der Waals surface area (Å²) in [6, 6.07) is -12.6. The highest BCUT2D eigenvalue weighted by Gasteiger charge is 2.38. The fraction of sp³-hybridized carbons (Fsp3) is 0.600. The van der Waals surface area contributed by atoms with Crippen molar-refractivity contribution >= 4 is 65.2 Å². The molecule has 9 atom stereocenters. The van der Waals surface area contributed by atoms with Gasteiger partial charge in [-0.15, -0.1) is 0 Å². The molecule has 63 heavy (non-hydrogen) atoms. The number of nitrogens with zero attached hydrogens (tertiary/aromatic N) is 3. The van der Waals surface area contributed by atoms with E-state index in [0.717, 1.165) is 6.92 Å². The molecule has 350 valence electrons. The van der Waals surface area contributed by atoms with Crippen molar-refractivity contribution in [3.8, 4) is 0 Å². The molecule has 28 heteroatoms. The van der Waals surface area contributed by atoms with Crippen LogP contribution in [0.25, 0.3) is 0 Å². The number of nitrogens with one attached hydrogen (secondary N) is 8. The van der Waals surface area contributed by atoms with Gasteiger partial charge in [0.2, 0.25) is 53.2 Å². The number of amides is 11. The molecule has 0 unspecified atom stereocenters.